The van der Waals surface area contributed by atoms with Gasteiger partial charge in [-0.15, -0.1) is 0 Å². The monoisotopic (exact) mass is 439 g/mol. The number of pyridine rings is 1. The maximum absolute atomic E-state index is 14.2. The minimum absolute atomic E-state index is 0.138. The van der Waals surface area contributed by atoms with Gasteiger partial charge in [0.15, 0.2) is 17.1 Å². The van der Waals surface area contributed by atoms with Gasteiger partial charge in [-0.3, -0.25) is 9.55 Å². The molecule has 0 aliphatic heterocycles. The van der Waals surface area contributed by atoms with Crippen LogP contribution in [0.2, 0.25) is 0 Å². The van der Waals surface area contributed by atoms with Crippen LogP contribution in [-0.2, 0) is 13.1 Å². The second-order valence-electron chi connectivity index (χ2n) is 7.23. The Morgan fingerprint density at radius 3 is 2.72 bits per heavy atom. The zero-order chi connectivity index (χ0) is 22.4. The van der Waals surface area contributed by atoms with Gasteiger partial charge in [0, 0.05) is 11.8 Å². The largest absolute Gasteiger partial charge is 0.327 e. The fraction of sp³-hybridized carbons (Fsp3) is 0.190. The van der Waals surface area contributed by atoms with Crippen molar-refractivity contribution in [1.82, 2.24) is 34.3 Å². The van der Waals surface area contributed by atoms with E-state index < -0.39 is 18.7 Å². The molecule has 0 saturated heterocycles. The van der Waals surface area contributed by atoms with Crippen molar-refractivity contribution in [1.29, 1.82) is 0 Å². The highest BCUT2D eigenvalue weighted by Crippen LogP contribution is 2.27. The Hall–Kier alpha value is -4.02. The lowest BCUT2D eigenvalue weighted by Crippen LogP contribution is -2.20. The number of rotatable bonds is 5. The Morgan fingerprint density at radius 1 is 1.12 bits per heavy atom. The first-order chi connectivity index (χ1) is 15.4. The van der Waals surface area contributed by atoms with Gasteiger partial charge in [0.25, 0.3) is 6.43 Å². The highest BCUT2D eigenvalue weighted by atomic mass is 19.3. The number of hydrogen-bond donors (Lipinski definition) is 1. The first-order valence-corrected chi connectivity index (χ1v) is 9.73. The number of alkyl halides is 2. The van der Waals surface area contributed by atoms with Gasteiger partial charge in [0.1, 0.15) is 17.0 Å². The van der Waals surface area contributed by atoms with Crippen LogP contribution < -0.4 is 5.69 Å². The van der Waals surface area contributed by atoms with Gasteiger partial charge < -0.3 is 0 Å². The van der Waals surface area contributed by atoms with Crippen LogP contribution in [0, 0.1) is 12.7 Å². The van der Waals surface area contributed by atoms with Gasteiger partial charge >= 0.3 is 5.69 Å². The average molecular weight is 439 g/mol. The van der Waals surface area contributed by atoms with E-state index in [1.54, 1.807) is 48.1 Å². The van der Waals surface area contributed by atoms with E-state index >= 15 is 0 Å². The van der Waals surface area contributed by atoms with Crippen LogP contribution in [0.3, 0.4) is 0 Å². The maximum Gasteiger partial charge on any atom is 0.327 e. The lowest BCUT2D eigenvalue weighted by atomic mass is 10.2. The fourth-order valence-electron chi connectivity index (χ4n) is 3.74. The molecule has 1 aromatic carbocycles. The number of aromatic amines is 1. The van der Waals surface area contributed by atoms with Crippen molar-refractivity contribution < 1.29 is 13.2 Å². The van der Waals surface area contributed by atoms with Gasteiger partial charge in [-0.2, -0.15) is 5.10 Å². The predicted molar refractivity (Wildman–Crippen MR) is 111 cm³/mol. The quantitative estimate of drug-likeness (QED) is 0.454. The van der Waals surface area contributed by atoms with Crippen molar-refractivity contribution in [3.8, 4) is 11.5 Å². The third-order valence-electron chi connectivity index (χ3n) is 5.12. The summed E-state index contributed by atoms with van der Waals surface area (Å²) in [7, 11) is 0. The number of benzene rings is 1. The van der Waals surface area contributed by atoms with Crippen LogP contribution in [0.1, 0.15) is 11.3 Å². The van der Waals surface area contributed by atoms with Crippen LogP contribution in [0.15, 0.2) is 47.4 Å². The van der Waals surface area contributed by atoms with Gasteiger partial charge in [-0.1, -0.05) is 18.2 Å². The van der Waals surface area contributed by atoms with Gasteiger partial charge in [0.05, 0.1) is 24.2 Å². The SMILES string of the molecule is Cc1nc(-c2nn(Cc3ccccc3F)c3ncccc23)nc2[nH]c(=O)n(CC(F)F)c12. The summed E-state index contributed by atoms with van der Waals surface area (Å²) in [6.45, 7) is 0.995. The van der Waals surface area contributed by atoms with Crippen LogP contribution in [-0.4, -0.2) is 40.7 Å². The molecule has 0 aliphatic carbocycles. The molecule has 0 bridgehead atoms. The zero-order valence-corrected chi connectivity index (χ0v) is 16.8. The van der Waals surface area contributed by atoms with Crippen molar-refractivity contribution in [2.24, 2.45) is 0 Å². The first-order valence-electron chi connectivity index (χ1n) is 9.73. The molecule has 0 aliphatic rings. The van der Waals surface area contributed by atoms with Crippen molar-refractivity contribution >= 4 is 22.2 Å². The van der Waals surface area contributed by atoms with Gasteiger partial charge in [-0.25, -0.2) is 37.6 Å². The van der Waals surface area contributed by atoms with Crippen molar-refractivity contribution in [3.63, 3.8) is 0 Å². The van der Waals surface area contributed by atoms with Crippen molar-refractivity contribution in [3.05, 3.63) is 70.2 Å². The molecule has 162 valence electrons. The summed E-state index contributed by atoms with van der Waals surface area (Å²) in [5.74, 6) is -0.161. The average Bonchev–Trinajstić information content (AvgIpc) is 3.27. The molecule has 0 saturated carbocycles. The molecule has 5 aromatic rings. The normalized spacial score (nSPS) is 11.8. The second-order valence-corrected chi connectivity index (χ2v) is 7.23. The Balaban J connectivity index is 1.67. The molecule has 1 N–H and O–H groups in total. The summed E-state index contributed by atoms with van der Waals surface area (Å²) in [6.07, 6.45) is -1.10. The summed E-state index contributed by atoms with van der Waals surface area (Å²) < 4.78 is 42.5. The fourth-order valence-corrected chi connectivity index (χ4v) is 3.74. The van der Waals surface area contributed by atoms with E-state index in [0.717, 1.165) is 4.57 Å². The molecule has 0 unspecified atom stereocenters. The summed E-state index contributed by atoms with van der Waals surface area (Å²) in [4.78, 5) is 27.8. The number of aryl methyl sites for hydroxylation is 1. The summed E-state index contributed by atoms with van der Waals surface area (Å²) in [5, 5.41) is 5.20. The Kier molecular flexibility index (Phi) is 4.72. The predicted octanol–water partition coefficient (Wildman–Crippen LogP) is 3.29. The van der Waals surface area contributed by atoms with E-state index in [2.05, 4.69) is 25.0 Å². The van der Waals surface area contributed by atoms with E-state index in [-0.39, 0.29) is 29.4 Å². The summed E-state index contributed by atoms with van der Waals surface area (Å²) >= 11 is 0. The smallest absolute Gasteiger partial charge is 0.290 e. The number of H-pyrrole nitrogens is 1. The van der Waals surface area contributed by atoms with E-state index in [1.807, 2.05) is 0 Å². The summed E-state index contributed by atoms with van der Waals surface area (Å²) in [6, 6.07) is 9.89. The topological polar surface area (TPSA) is 94.3 Å². The molecule has 0 amide bonds. The Morgan fingerprint density at radius 2 is 1.94 bits per heavy atom. The molecule has 0 fully saturated rings. The Bertz CT molecular complexity index is 1520. The third kappa shape index (κ3) is 3.31. The molecule has 11 heteroatoms. The number of aromatic nitrogens is 7. The molecular weight excluding hydrogens is 423 g/mol. The summed E-state index contributed by atoms with van der Waals surface area (Å²) in [5.41, 5.74) is 1.35. The molecule has 4 aromatic heterocycles. The molecule has 32 heavy (non-hydrogen) atoms. The Labute approximate surface area is 178 Å². The molecule has 0 spiro atoms. The van der Waals surface area contributed by atoms with Crippen molar-refractivity contribution in [2.45, 2.75) is 26.4 Å². The highest BCUT2D eigenvalue weighted by Gasteiger charge is 2.21. The second kappa shape index (κ2) is 7.59. The number of nitrogens with zero attached hydrogens (tertiary/aromatic N) is 6. The molecule has 0 atom stereocenters. The number of fused-ring (bicyclic) bond motifs is 2. The number of halogens is 3. The third-order valence-corrected chi connectivity index (χ3v) is 5.12. The lowest BCUT2D eigenvalue weighted by Gasteiger charge is -2.05. The highest BCUT2D eigenvalue weighted by molar-refractivity contribution is 5.90. The van der Waals surface area contributed by atoms with E-state index in [0.29, 0.717) is 28.0 Å². The van der Waals surface area contributed by atoms with Crippen LogP contribution in [0.5, 0.6) is 0 Å². The molecule has 4 heterocycles. The van der Waals surface area contributed by atoms with Crippen molar-refractivity contribution in [2.75, 3.05) is 0 Å². The molecular formula is C21H16F3N7O. The minimum atomic E-state index is -2.70. The van der Waals surface area contributed by atoms with Gasteiger partial charge in [-0.05, 0) is 25.1 Å². The number of imidazole rings is 1. The zero-order valence-electron chi connectivity index (χ0n) is 16.8. The van der Waals surface area contributed by atoms with Crippen LogP contribution >= 0.6 is 0 Å². The molecule has 0 radical (unpaired) electrons. The minimum Gasteiger partial charge on any atom is -0.290 e. The maximum atomic E-state index is 14.2. The number of hydrogen-bond acceptors (Lipinski definition) is 5. The van der Waals surface area contributed by atoms with E-state index in [9.17, 15) is 18.0 Å². The van der Waals surface area contributed by atoms with Gasteiger partial charge in [0.2, 0.25) is 0 Å². The van der Waals surface area contributed by atoms with Crippen LogP contribution in [0.4, 0.5) is 13.2 Å². The lowest BCUT2D eigenvalue weighted by molar-refractivity contribution is 0.127. The van der Waals surface area contributed by atoms with E-state index in [4.69, 9.17) is 0 Å². The first kappa shape index (κ1) is 19.9. The van der Waals surface area contributed by atoms with E-state index in [1.165, 1.54) is 6.07 Å². The molecule has 8 nitrogen and oxygen atoms in total. The standard InChI is InChI=1S/C21H16F3N7O/c1-11-17-19(28-21(32)30(17)10-15(23)24)27-18(26-11)16-13-6-4-8-25-20(13)31(29-16)9-12-5-2-3-7-14(12)22/h2-8,15H,9-10H2,1H3,(H,26,27,28,32). The number of nitrogens with one attached hydrogen (secondary N) is 1. The van der Waals surface area contributed by atoms with Crippen LogP contribution in [0.25, 0.3) is 33.7 Å². The molecule has 5 rings (SSSR count).